The first-order chi connectivity index (χ1) is 13.0. The fourth-order valence-corrected chi connectivity index (χ4v) is 2.36. The third-order valence-electron chi connectivity index (χ3n) is 3.45. The van der Waals surface area contributed by atoms with Crippen molar-refractivity contribution in [2.45, 2.75) is 6.18 Å². The lowest BCUT2D eigenvalue weighted by molar-refractivity contribution is -0.137. The van der Waals surface area contributed by atoms with E-state index in [1.807, 2.05) is 0 Å². The minimum absolute atomic E-state index is 0.0138. The zero-order chi connectivity index (χ0) is 19.3. The van der Waals surface area contributed by atoms with Crippen molar-refractivity contribution >= 4 is 27.3 Å². The van der Waals surface area contributed by atoms with Crippen LogP contribution in [0.3, 0.4) is 0 Å². The van der Waals surface area contributed by atoms with Gasteiger partial charge >= 0.3 is 12.3 Å². The van der Waals surface area contributed by atoms with E-state index in [4.69, 9.17) is 9.15 Å². The molecule has 0 aliphatic rings. The SMILES string of the molecule is FC(F)(F)c1ccc(Nc2ccccc2-c2nnc(OC/C=C\Br)o2)cc1. The zero-order valence-electron chi connectivity index (χ0n) is 13.7. The van der Waals surface area contributed by atoms with Gasteiger partial charge in [0.05, 0.1) is 16.8 Å². The van der Waals surface area contributed by atoms with Crippen molar-refractivity contribution in [3.8, 4) is 17.5 Å². The standard InChI is InChI=1S/C18H13BrF3N3O2/c19-10-3-11-26-17-25-24-16(27-17)14-4-1-2-5-15(14)23-13-8-6-12(7-9-13)18(20,21)22/h1-10,23H,11H2/b10-3-. The van der Waals surface area contributed by atoms with Gasteiger partial charge in [-0.05, 0) is 47.5 Å². The van der Waals surface area contributed by atoms with Crippen molar-refractivity contribution in [2.75, 3.05) is 11.9 Å². The number of anilines is 2. The molecule has 3 rings (SSSR count). The highest BCUT2D eigenvalue weighted by Gasteiger charge is 2.29. The van der Waals surface area contributed by atoms with E-state index in [0.29, 0.717) is 16.9 Å². The summed E-state index contributed by atoms with van der Waals surface area (Å²) in [7, 11) is 0. The van der Waals surface area contributed by atoms with Crippen LogP contribution in [0.1, 0.15) is 5.56 Å². The van der Waals surface area contributed by atoms with E-state index in [1.54, 1.807) is 35.3 Å². The fraction of sp³-hybridized carbons (Fsp3) is 0.111. The van der Waals surface area contributed by atoms with Crippen molar-refractivity contribution < 1.29 is 22.3 Å². The van der Waals surface area contributed by atoms with Gasteiger partial charge in [-0.15, -0.1) is 5.10 Å². The number of rotatable bonds is 6. The molecule has 140 valence electrons. The Labute approximate surface area is 161 Å². The van der Waals surface area contributed by atoms with Crippen LogP contribution in [-0.2, 0) is 6.18 Å². The number of alkyl halides is 3. The number of aromatic nitrogens is 2. The molecule has 0 fully saturated rings. The average Bonchev–Trinajstić information content (AvgIpc) is 3.11. The number of para-hydroxylation sites is 1. The Hall–Kier alpha value is -2.81. The predicted octanol–water partition coefficient (Wildman–Crippen LogP) is 5.79. The molecule has 1 heterocycles. The molecule has 27 heavy (non-hydrogen) atoms. The van der Waals surface area contributed by atoms with Gasteiger partial charge in [-0.1, -0.05) is 33.2 Å². The summed E-state index contributed by atoms with van der Waals surface area (Å²) in [6, 6.07) is 11.8. The third kappa shape index (κ3) is 4.88. The van der Waals surface area contributed by atoms with Crippen LogP contribution >= 0.6 is 15.9 Å². The summed E-state index contributed by atoms with van der Waals surface area (Å²) >= 11 is 3.12. The number of hydrogen-bond donors (Lipinski definition) is 1. The molecule has 0 aliphatic carbocycles. The van der Waals surface area contributed by atoms with Crippen molar-refractivity contribution in [2.24, 2.45) is 0 Å². The lowest BCUT2D eigenvalue weighted by atomic mass is 10.1. The highest BCUT2D eigenvalue weighted by atomic mass is 79.9. The van der Waals surface area contributed by atoms with Gasteiger partial charge in [0, 0.05) is 5.69 Å². The van der Waals surface area contributed by atoms with Gasteiger partial charge in [0.25, 0.3) is 5.89 Å². The number of hydrogen-bond acceptors (Lipinski definition) is 5. The minimum Gasteiger partial charge on any atom is -0.445 e. The summed E-state index contributed by atoms with van der Waals surface area (Å²) in [6.07, 6.45) is -2.65. The first-order valence-corrected chi connectivity index (χ1v) is 8.64. The molecule has 0 saturated carbocycles. The molecule has 0 unspecified atom stereocenters. The number of nitrogens with one attached hydrogen (secondary N) is 1. The molecule has 2 aromatic carbocycles. The van der Waals surface area contributed by atoms with Crippen molar-refractivity contribution in [1.29, 1.82) is 0 Å². The summed E-state index contributed by atoms with van der Waals surface area (Å²) in [5, 5.41) is 10.8. The van der Waals surface area contributed by atoms with Crippen LogP contribution in [0, 0.1) is 0 Å². The normalized spacial score (nSPS) is 11.7. The molecule has 3 aromatic rings. The monoisotopic (exact) mass is 439 g/mol. The van der Waals surface area contributed by atoms with Gasteiger partial charge in [0.2, 0.25) is 0 Å². The highest BCUT2D eigenvalue weighted by Crippen LogP contribution is 2.33. The van der Waals surface area contributed by atoms with E-state index in [-0.39, 0.29) is 18.6 Å². The quantitative estimate of drug-likeness (QED) is 0.526. The van der Waals surface area contributed by atoms with Crippen LogP contribution in [0.4, 0.5) is 24.5 Å². The molecule has 0 amide bonds. The lowest BCUT2D eigenvalue weighted by Crippen LogP contribution is -2.04. The number of halogens is 4. The Kier molecular flexibility index (Phi) is 5.80. The molecule has 0 aliphatic heterocycles. The first kappa shape index (κ1) is 19.0. The zero-order valence-corrected chi connectivity index (χ0v) is 15.3. The van der Waals surface area contributed by atoms with Gasteiger partial charge in [-0.25, -0.2) is 0 Å². The van der Waals surface area contributed by atoms with Crippen LogP contribution in [-0.4, -0.2) is 16.8 Å². The molecule has 0 radical (unpaired) electrons. The van der Waals surface area contributed by atoms with Crippen LogP contribution in [0.25, 0.3) is 11.5 Å². The Morgan fingerprint density at radius 1 is 1.07 bits per heavy atom. The van der Waals surface area contributed by atoms with Crippen molar-refractivity contribution in [3.05, 3.63) is 65.2 Å². The average molecular weight is 440 g/mol. The molecule has 9 heteroatoms. The summed E-state index contributed by atoms with van der Waals surface area (Å²) in [4.78, 5) is 1.65. The second kappa shape index (κ2) is 8.26. The van der Waals surface area contributed by atoms with Crippen LogP contribution in [0.5, 0.6) is 6.08 Å². The minimum atomic E-state index is -4.37. The maximum atomic E-state index is 12.7. The summed E-state index contributed by atoms with van der Waals surface area (Å²) in [5.41, 5.74) is 0.982. The Bertz CT molecular complexity index is 924. The van der Waals surface area contributed by atoms with Gasteiger partial charge in [0.1, 0.15) is 6.61 Å². The Morgan fingerprint density at radius 2 is 1.81 bits per heavy atom. The fourth-order valence-electron chi connectivity index (χ4n) is 2.21. The molecule has 5 nitrogen and oxygen atoms in total. The van der Waals surface area contributed by atoms with Gasteiger partial charge in [0.15, 0.2) is 0 Å². The van der Waals surface area contributed by atoms with Gasteiger partial charge in [-0.3, -0.25) is 0 Å². The van der Waals surface area contributed by atoms with E-state index in [1.165, 1.54) is 12.1 Å². The van der Waals surface area contributed by atoms with Crippen LogP contribution < -0.4 is 10.1 Å². The van der Waals surface area contributed by atoms with E-state index in [9.17, 15) is 13.2 Å². The predicted molar refractivity (Wildman–Crippen MR) is 98.0 cm³/mol. The molecular weight excluding hydrogens is 427 g/mol. The van der Waals surface area contributed by atoms with E-state index in [0.717, 1.165) is 12.1 Å². The maximum absolute atomic E-state index is 12.7. The second-order valence-electron chi connectivity index (χ2n) is 5.29. The Balaban J connectivity index is 1.80. The first-order valence-electron chi connectivity index (χ1n) is 7.72. The van der Waals surface area contributed by atoms with Crippen LogP contribution in [0.15, 0.2) is 64.0 Å². The molecular formula is C18H13BrF3N3O2. The summed E-state index contributed by atoms with van der Waals surface area (Å²) in [5.74, 6) is 0.225. The smallest absolute Gasteiger partial charge is 0.416 e. The van der Waals surface area contributed by atoms with Crippen molar-refractivity contribution in [3.63, 3.8) is 0 Å². The van der Waals surface area contributed by atoms with E-state index >= 15 is 0 Å². The molecule has 1 N–H and O–H groups in total. The molecule has 0 bridgehead atoms. The molecule has 1 aromatic heterocycles. The highest BCUT2D eigenvalue weighted by molar-refractivity contribution is 9.11. The summed E-state index contributed by atoms with van der Waals surface area (Å²) < 4.78 is 48.8. The van der Waals surface area contributed by atoms with E-state index < -0.39 is 11.7 Å². The number of nitrogens with zero attached hydrogens (tertiary/aromatic N) is 2. The summed E-state index contributed by atoms with van der Waals surface area (Å²) in [6.45, 7) is 0.262. The molecule has 0 atom stereocenters. The largest absolute Gasteiger partial charge is 0.445 e. The number of ether oxygens (including phenoxy) is 1. The van der Waals surface area contributed by atoms with Crippen LogP contribution in [0.2, 0.25) is 0 Å². The third-order valence-corrected chi connectivity index (χ3v) is 3.82. The number of benzene rings is 2. The lowest BCUT2D eigenvalue weighted by Gasteiger charge is -2.11. The van der Waals surface area contributed by atoms with Crippen molar-refractivity contribution in [1.82, 2.24) is 10.2 Å². The topological polar surface area (TPSA) is 60.2 Å². The van der Waals surface area contributed by atoms with E-state index in [2.05, 4.69) is 31.4 Å². The second-order valence-corrected chi connectivity index (χ2v) is 5.82. The van der Waals surface area contributed by atoms with Gasteiger partial charge < -0.3 is 14.5 Å². The molecule has 0 spiro atoms. The van der Waals surface area contributed by atoms with Gasteiger partial charge in [-0.2, -0.15) is 13.2 Å². The maximum Gasteiger partial charge on any atom is 0.416 e. The Morgan fingerprint density at radius 3 is 2.52 bits per heavy atom. The molecule has 0 saturated heterocycles.